The molecule has 0 heterocycles. The molecule has 0 unspecified atom stereocenters. The van der Waals surface area contributed by atoms with Crippen LogP contribution in [0.25, 0.3) is 0 Å². The molecule has 120 valence electrons. The molecule has 7 nitrogen and oxygen atoms in total. The Morgan fingerprint density at radius 2 is 1.95 bits per heavy atom. The van der Waals surface area contributed by atoms with Gasteiger partial charge in [0.25, 0.3) is 0 Å². The first-order valence-corrected chi connectivity index (χ1v) is 7.00. The molecule has 0 fully saturated rings. The van der Waals surface area contributed by atoms with E-state index in [9.17, 15) is 14.4 Å². The van der Waals surface area contributed by atoms with Crippen molar-refractivity contribution in [2.24, 2.45) is 0 Å². The molecule has 1 atom stereocenters. The van der Waals surface area contributed by atoms with Gasteiger partial charge in [0.1, 0.15) is 12.6 Å². The van der Waals surface area contributed by atoms with E-state index in [0.29, 0.717) is 32.2 Å². The maximum absolute atomic E-state index is 11.4. The van der Waals surface area contributed by atoms with Crippen LogP contribution in [-0.2, 0) is 20.9 Å². The highest BCUT2D eigenvalue weighted by atomic mass is 16.5. The summed E-state index contributed by atoms with van der Waals surface area (Å²) in [5.41, 5.74) is 0.905. The second-order valence-corrected chi connectivity index (χ2v) is 4.66. The fraction of sp³-hybridized carbons (Fsp3) is 0.400. The SMILES string of the molecule is O=CN[C@@H](CCCCNC(=O)OCc1ccccc1)C(=O)O. The predicted octanol–water partition coefficient (Wildman–Crippen LogP) is 1.28. The molecule has 0 radical (unpaired) electrons. The Hall–Kier alpha value is -2.57. The third kappa shape index (κ3) is 7.28. The molecule has 1 aromatic rings. The van der Waals surface area contributed by atoms with Gasteiger partial charge in [-0.15, -0.1) is 0 Å². The van der Waals surface area contributed by atoms with Gasteiger partial charge in [-0.1, -0.05) is 30.3 Å². The lowest BCUT2D eigenvalue weighted by atomic mass is 10.1. The minimum atomic E-state index is -1.07. The molecule has 0 aliphatic carbocycles. The normalized spacial score (nSPS) is 11.3. The summed E-state index contributed by atoms with van der Waals surface area (Å²) >= 11 is 0. The first kappa shape index (κ1) is 17.5. The van der Waals surface area contributed by atoms with E-state index < -0.39 is 18.1 Å². The molecular formula is C15H20N2O5. The van der Waals surface area contributed by atoms with Crippen LogP contribution in [0.2, 0.25) is 0 Å². The molecule has 1 aromatic carbocycles. The lowest BCUT2D eigenvalue weighted by Gasteiger charge is -2.11. The summed E-state index contributed by atoms with van der Waals surface area (Å²) in [4.78, 5) is 32.4. The Balaban J connectivity index is 2.10. The minimum Gasteiger partial charge on any atom is -0.480 e. The molecule has 0 aliphatic rings. The van der Waals surface area contributed by atoms with Crippen molar-refractivity contribution in [3.63, 3.8) is 0 Å². The highest BCUT2D eigenvalue weighted by Gasteiger charge is 2.15. The molecule has 7 heteroatoms. The fourth-order valence-corrected chi connectivity index (χ4v) is 1.80. The number of alkyl carbamates (subject to hydrolysis) is 1. The molecule has 0 saturated heterocycles. The molecular weight excluding hydrogens is 288 g/mol. The van der Waals surface area contributed by atoms with Gasteiger partial charge in [-0.25, -0.2) is 9.59 Å². The van der Waals surface area contributed by atoms with E-state index >= 15 is 0 Å². The number of ether oxygens (including phenoxy) is 1. The predicted molar refractivity (Wildman–Crippen MR) is 79.1 cm³/mol. The molecule has 0 bridgehead atoms. The molecule has 2 amide bonds. The summed E-state index contributed by atoms with van der Waals surface area (Å²) in [6, 6.07) is 8.44. The van der Waals surface area contributed by atoms with E-state index in [1.54, 1.807) is 0 Å². The second-order valence-electron chi connectivity index (χ2n) is 4.66. The van der Waals surface area contributed by atoms with Gasteiger partial charge in [0, 0.05) is 6.54 Å². The first-order chi connectivity index (χ1) is 10.6. The van der Waals surface area contributed by atoms with E-state index in [0.717, 1.165) is 5.56 Å². The average Bonchev–Trinajstić information content (AvgIpc) is 2.52. The Kier molecular flexibility index (Phi) is 8.10. The van der Waals surface area contributed by atoms with Crippen molar-refractivity contribution < 1.29 is 24.2 Å². The number of carboxylic acids is 1. The summed E-state index contributed by atoms with van der Waals surface area (Å²) in [5.74, 6) is -1.07. The largest absolute Gasteiger partial charge is 0.480 e. The number of amides is 2. The maximum atomic E-state index is 11.4. The molecule has 0 aromatic heterocycles. The minimum absolute atomic E-state index is 0.205. The van der Waals surface area contributed by atoms with Crippen LogP contribution in [0.1, 0.15) is 24.8 Å². The summed E-state index contributed by atoms with van der Waals surface area (Å²) in [7, 11) is 0. The van der Waals surface area contributed by atoms with Gasteiger partial charge in [0.2, 0.25) is 6.41 Å². The zero-order valence-electron chi connectivity index (χ0n) is 12.2. The number of carbonyl (C=O) groups is 3. The fourth-order valence-electron chi connectivity index (χ4n) is 1.80. The van der Waals surface area contributed by atoms with Gasteiger partial charge in [-0.3, -0.25) is 4.79 Å². The number of nitrogens with one attached hydrogen (secondary N) is 2. The number of rotatable bonds is 10. The average molecular weight is 308 g/mol. The van der Waals surface area contributed by atoms with Crippen LogP contribution >= 0.6 is 0 Å². The first-order valence-electron chi connectivity index (χ1n) is 7.00. The van der Waals surface area contributed by atoms with Crippen LogP contribution in [0.5, 0.6) is 0 Å². The molecule has 3 N–H and O–H groups in total. The lowest BCUT2D eigenvalue weighted by molar-refractivity contribution is -0.140. The van der Waals surface area contributed by atoms with Crippen molar-refractivity contribution in [2.75, 3.05) is 6.54 Å². The van der Waals surface area contributed by atoms with Crippen LogP contribution < -0.4 is 10.6 Å². The van der Waals surface area contributed by atoms with Crippen LogP contribution in [0, 0.1) is 0 Å². The number of benzene rings is 1. The third-order valence-electron chi connectivity index (χ3n) is 2.97. The van der Waals surface area contributed by atoms with Gasteiger partial charge < -0.3 is 20.5 Å². The smallest absolute Gasteiger partial charge is 0.407 e. The van der Waals surface area contributed by atoms with E-state index in [-0.39, 0.29) is 6.61 Å². The van der Waals surface area contributed by atoms with Crippen molar-refractivity contribution in [1.82, 2.24) is 10.6 Å². The van der Waals surface area contributed by atoms with E-state index in [4.69, 9.17) is 9.84 Å². The van der Waals surface area contributed by atoms with Crippen LogP contribution in [-0.4, -0.2) is 36.2 Å². The van der Waals surface area contributed by atoms with Crippen LogP contribution in [0.15, 0.2) is 30.3 Å². The zero-order valence-corrected chi connectivity index (χ0v) is 12.2. The Bertz CT molecular complexity index is 478. The van der Waals surface area contributed by atoms with Crippen molar-refractivity contribution in [1.29, 1.82) is 0 Å². The van der Waals surface area contributed by atoms with Gasteiger partial charge in [0.05, 0.1) is 0 Å². The highest BCUT2D eigenvalue weighted by Crippen LogP contribution is 2.02. The topological polar surface area (TPSA) is 105 Å². The number of carbonyl (C=O) groups excluding carboxylic acids is 2. The van der Waals surface area contributed by atoms with Crippen molar-refractivity contribution in [3.8, 4) is 0 Å². The summed E-state index contributed by atoms with van der Waals surface area (Å²) in [5, 5.41) is 13.6. The molecule has 22 heavy (non-hydrogen) atoms. The Labute approximate surface area is 128 Å². The molecule has 0 saturated carbocycles. The molecule has 1 rings (SSSR count). The van der Waals surface area contributed by atoms with Crippen LogP contribution in [0.3, 0.4) is 0 Å². The zero-order chi connectivity index (χ0) is 16.2. The second kappa shape index (κ2) is 10.2. The van der Waals surface area contributed by atoms with Crippen molar-refractivity contribution in [3.05, 3.63) is 35.9 Å². The van der Waals surface area contributed by atoms with Crippen molar-refractivity contribution in [2.45, 2.75) is 31.9 Å². The number of unbranched alkanes of at least 4 members (excludes halogenated alkanes) is 1. The molecule has 0 aliphatic heterocycles. The number of hydrogen-bond acceptors (Lipinski definition) is 4. The van der Waals surface area contributed by atoms with E-state index in [2.05, 4.69) is 10.6 Å². The standard InChI is InChI=1S/C15H20N2O5/c18-11-17-13(14(19)20)8-4-5-9-16-15(21)22-10-12-6-2-1-3-7-12/h1-3,6-7,11,13H,4-5,8-10H2,(H,16,21)(H,17,18)(H,19,20)/t13-/m0/s1. The number of carboxylic acid groups (broad SMARTS) is 1. The highest BCUT2D eigenvalue weighted by molar-refractivity contribution is 5.76. The summed E-state index contributed by atoms with van der Waals surface area (Å²) in [6.07, 6.45) is 1.35. The summed E-state index contributed by atoms with van der Waals surface area (Å²) < 4.78 is 5.03. The van der Waals surface area contributed by atoms with Gasteiger partial charge in [0.15, 0.2) is 0 Å². The molecule has 0 spiro atoms. The quantitative estimate of drug-likeness (QED) is 0.446. The van der Waals surface area contributed by atoms with Crippen LogP contribution in [0.4, 0.5) is 4.79 Å². The Morgan fingerprint density at radius 1 is 1.23 bits per heavy atom. The maximum Gasteiger partial charge on any atom is 0.407 e. The van der Waals surface area contributed by atoms with Crippen molar-refractivity contribution >= 4 is 18.5 Å². The number of hydrogen-bond donors (Lipinski definition) is 3. The monoisotopic (exact) mass is 308 g/mol. The van der Waals surface area contributed by atoms with Gasteiger partial charge in [-0.05, 0) is 24.8 Å². The van der Waals surface area contributed by atoms with E-state index in [1.165, 1.54) is 0 Å². The summed E-state index contributed by atoms with van der Waals surface area (Å²) in [6.45, 7) is 0.595. The van der Waals surface area contributed by atoms with Gasteiger partial charge >= 0.3 is 12.1 Å². The van der Waals surface area contributed by atoms with E-state index in [1.807, 2.05) is 30.3 Å². The third-order valence-corrected chi connectivity index (χ3v) is 2.97. The lowest BCUT2D eigenvalue weighted by Crippen LogP contribution is -2.35. The Morgan fingerprint density at radius 3 is 2.59 bits per heavy atom. The number of aliphatic carboxylic acids is 1. The van der Waals surface area contributed by atoms with Gasteiger partial charge in [-0.2, -0.15) is 0 Å².